The lowest BCUT2D eigenvalue weighted by Crippen LogP contribution is -2.34. The number of hydrogen-bond donors (Lipinski definition) is 2. The molecular weight excluding hydrogens is 276 g/mol. The Hall–Kier alpha value is -1.27. The van der Waals surface area contributed by atoms with Gasteiger partial charge in [-0.25, -0.2) is 13.1 Å². The van der Waals surface area contributed by atoms with Gasteiger partial charge in [0.25, 0.3) is 0 Å². The minimum atomic E-state index is -3.60. The molecule has 112 valence electrons. The molecule has 20 heavy (non-hydrogen) atoms. The molecule has 0 unspecified atom stereocenters. The highest BCUT2D eigenvalue weighted by atomic mass is 32.2. The molecule has 6 heteroatoms. The summed E-state index contributed by atoms with van der Waals surface area (Å²) in [4.78, 5) is 0.166. The van der Waals surface area contributed by atoms with E-state index in [2.05, 4.69) is 4.72 Å². The zero-order chi connectivity index (χ0) is 14.8. The molecule has 0 spiro atoms. The standard InChI is InChI=1S/C14H22N2O3S/c1-3-12(4-2)16-20(17,18)13-9-11(15)8-10-6-5-7-19-14(10)13/h8-9,12,16H,3-7,15H2,1-2H3. The molecule has 0 bridgehead atoms. The Morgan fingerprint density at radius 3 is 2.70 bits per heavy atom. The van der Waals surface area contributed by atoms with Crippen LogP contribution in [0.2, 0.25) is 0 Å². The largest absolute Gasteiger partial charge is 0.492 e. The second-order valence-electron chi connectivity index (χ2n) is 5.09. The molecule has 0 aliphatic carbocycles. The van der Waals surface area contributed by atoms with Gasteiger partial charge in [0.15, 0.2) is 0 Å². The van der Waals surface area contributed by atoms with Crippen molar-refractivity contribution < 1.29 is 13.2 Å². The van der Waals surface area contributed by atoms with E-state index in [-0.39, 0.29) is 10.9 Å². The van der Waals surface area contributed by atoms with Crippen molar-refractivity contribution in [1.82, 2.24) is 4.72 Å². The summed E-state index contributed by atoms with van der Waals surface area (Å²) in [5.74, 6) is 0.462. The lowest BCUT2D eigenvalue weighted by Gasteiger charge is -2.22. The van der Waals surface area contributed by atoms with Crippen molar-refractivity contribution in [3.63, 3.8) is 0 Å². The third-order valence-electron chi connectivity index (χ3n) is 3.59. The maximum Gasteiger partial charge on any atom is 0.244 e. The van der Waals surface area contributed by atoms with Crippen LogP contribution in [0.3, 0.4) is 0 Å². The van der Waals surface area contributed by atoms with E-state index in [0.29, 0.717) is 18.0 Å². The normalized spacial score (nSPS) is 14.9. The van der Waals surface area contributed by atoms with Gasteiger partial charge in [0.1, 0.15) is 10.6 Å². The predicted octanol–water partition coefficient (Wildman–Crippen LogP) is 2.06. The summed E-state index contributed by atoms with van der Waals surface area (Å²) < 4.78 is 33.4. The van der Waals surface area contributed by atoms with E-state index in [9.17, 15) is 8.42 Å². The van der Waals surface area contributed by atoms with Crippen molar-refractivity contribution in [3.8, 4) is 5.75 Å². The lowest BCUT2D eigenvalue weighted by molar-refractivity contribution is 0.280. The number of nitrogen functional groups attached to an aromatic ring is 1. The molecule has 0 radical (unpaired) electrons. The maximum absolute atomic E-state index is 12.5. The molecule has 0 atom stereocenters. The molecular formula is C14H22N2O3S. The molecule has 1 aliphatic rings. The van der Waals surface area contributed by atoms with Crippen LogP contribution in [0.5, 0.6) is 5.75 Å². The van der Waals surface area contributed by atoms with E-state index >= 15 is 0 Å². The van der Waals surface area contributed by atoms with Gasteiger partial charge in [-0.3, -0.25) is 0 Å². The molecule has 0 saturated carbocycles. The molecule has 2 rings (SSSR count). The van der Waals surface area contributed by atoms with Crippen LogP contribution < -0.4 is 15.2 Å². The average molecular weight is 298 g/mol. The Balaban J connectivity index is 2.43. The quantitative estimate of drug-likeness (QED) is 0.815. The van der Waals surface area contributed by atoms with Crippen molar-refractivity contribution in [1.29, 1.82) is 0 Å². The highest BCUT2D eigenvalue weighted by Crippen LogP contribution is 2.34. The van der Waals surface area contributed by atoms with Crippen molar-refractivity contribution in [2.24, 2.45) is 0 Å². The summed E-state index contributed by atoms with van der Waals surface area (Å²) in [5, 5.41) is 0. The van der Waals surface area contributed by atoms with Gasteiger partial charge in [-0.2, -0.15) is 0 Å². The SMILES string of the molecule is CCC(CC)NS(=O)(=O)c1cc(N)cc2c1OCCC2. The van der Waals surface area contributed by atoms with Gasteiger partial charge < -0.3 is 10.5 Å². The second-order valence-corrected chi connectivity index (χ2v) is 6.78. The Morgan fingerprint density at radius 2 is 2.05 bits per heavy atom. The fourth-order valence-corrected chi connectivity index (χ4v) is 4.03. The van der Waals surface area contributed by atoms with Crippen LogP contribution in [0, 0.1) is 0 Å². The number of nitrogens with one attached hydrogen (secondary N) is 1. The monoisotopic (exact) mass is 298 g/mol. The number of benzene rings is 1. The minimum Gasteiger partial charge on any atom is -0.492 e. The lowest BCUT2D eigenvalue weighted by atomic mass is 10.1. The van der Waals surface area contributed by atoms with Crippen LogP contribution in [-0.2, 0) is 16.4 Å². The number of sulfonamides is 1. The number of aryl methyl sites for hydroxylation is 1. The van der Waals surface area contributed by atoms with E-state index < -0.39 is 10.0 Å². The highest BCUT2D eigenvalue weighted by molar-refractivity contribution is 7.89. The first-order valence-corrected chi connectivity index (χ1v) is 8.53. The highest BCUT2D eigenvalue weighted by Gasteiger charge is 2.26. The zero-order valence-corrected chi connectivity index (χ0v) is 12.8. The van der Waals surface area contributed by atoms with Crippen molar-refractivity contribution >= 4 is 15.7 Å². The minimum absolute atomic E-state index is 0.0688. The van der Waals surface area contributed by atoms with Crippen LogP contribution in [-0.4, -0.2) is 21.1 Å². The summed E-state index contributed by atoms with van der Waals surface area (Å²) >= 11 is 0. The van der Waals surface area contributed by atoms with Gasteiger partial charge in [-0.05, 0) is 43.4 Å². The number of anilines is 1. The Kier molecular flexibility index (Phi) is 4.55. The van der Waals surface area contributed by atoms with Crippen LogP contribution >= 0.6 is 0 Å². The smallest absolute Gasteiger partial charge is 0.244 e. The number of ether oxygens (including phenoxy) is 1. The van der Waals surface area contributed by atoms with Crippen LogP contribution in [0.4, 0.5) is 5.69 Å². The summed E-state index contributed by atoms with van der Waals surface area (Å²) in [6.45, 7) is 4.47. The van der Waals surface area contributed by atoms with E-state index in [4.69, 9.17) is 10.5 Å². The molecule has 0 amide bonds. The van der Waals surface area contributed by atoms with Gasteiger partial charge in [0.05, 0.1) is 6.61 Å². The van der Waals surface area contributed by atoms with Crippen molar-refractivity contribution in [2.45, 2.75) is 50.5 Å². The number of fused-ring (bicyclic) bond motifs is 1. The topological polar surface area (TPSA) is 81.4 Å². The van der Waals surface area contributed by atoms with Gasteiger partial charge in [-0.1, -0.05) is 13.8 Å². The second kappa shape index (κ2) is 6.01. The molecule has 1 heterocycles. The Morgan fingerprint density at radius 1 is 1.35 bits per heavy atom. The van der Waals surface area contributed by atoms with Crippen LogP contribution in [0.25, 0.3) is 0 Å². The molecule has 0 fully saturated rings. The predicted molar refractivity (Wildman–Crippen MR) is 79.4 cm³/mol. The van der Waals surface area contributed by atoms with E-state index in [1.165, 1.54) is 6.07 Å². The zero-order valence-electron chi connectivity index (χ0n) is 12.0. The third-order valence-corrected chi connectivity index (χ3v) is 5.11. The first-order chi connectivity index (χ1) is 9.47. The molecule has 1 aliphatic heterocycles. The number of rotatable bonds is 5. The van der Waals surface area contributed by atoms with Gasteiger partial charge in [0.2, 0.25) is 10.0 Å². The van der Waals surface area contributed by atoms with E-state index in [1.54, 1.807) is 6.07 Å². The van der Waals surface area contributed by atoms with Gasteiger partial charge in [0, 0.05) is 11.7 Å². The number of hydrogen-bond acceptors (Lipinski definition) is 4. The van der Waals surface area contributed by atoms with E-state index in [0.717, 1.165) is 31.2 Å². The summed E-state index contributed by atoms with van der Waals surface area (Å²) in [7, 11) is -3.60. The van der Waals surface area contributed by atoms with Gasteiger partial charge in [-0.15, -0.1) is 0 Å². The van der Waals surface area contributed by atoms with Crippen molar-refractivity contribution in [2.75, 3.05) is 12.3 Å². The van der Waals surface area contributed by atoms with E-state index in [1.807, 2.05) is 13.8 Å². The Labute approximate surface area is 120 Å². The first kappa shape index (κ1) is 15.1. The first-order valence-electron chi connectivity index (χ1n) is 7.05. The number of nitrogens with two attached hydrogens (primary N) is 1. The van der Waals surface area contributed by atoms with Crippen LogP contribution in [0.15, 0.2) is 17.0 Å². The van der Waals surface area contributed by atoms with Gasteiger partial charge >= 0.3 is 0 Å². The molecule has 1 aromatic carbocycles. The van der Waals surface area contributed by atoms with Crippen LogP contribution in [0.1, 0.15) is 38.7 Å². The molecule has 0 aromatic heterocycles. The summed E-state index contributed by atoms with van der Waals surface area (Å²) in [6.07, 6.45) is 3.19. The van der Waals surface area contributed by atoms with Crippen molar-refractivity contribution in [3.05, 3.63) is 17.7 Å². The fourth-order valence-electron chi connectivity index (χ4n) is 2.41. The third kappa shape index (κ3) is 3.07. The Bertz CT molecular complexity index is 580. The average Bonchev–Trinajstić information content (AvgIpc) is 2.43. The molecule has 3 N–H and O–H groups in total. The molecule has 1 aromatic rings. The molecule has 0 saturated heterocycles. The maximum atomic E-state index is 12.5. The fraction of sp³-hybridized carbons (Fsp3) is 0.571. The summed E-state index contributed by atoms with van der Waals surface area (Å²) in [6, 6.07) is 3.21. The molecule has 5 nitrogen and oxygen atoms in total. The summed E-state index contributed by atoms with van der Waals surface area (Å²) in [5.41, 5.74) is 7.16.